The first-order chi connectivity index (χ1) is 21.5. The third-order valence-electron chi connectivity index (χ3n) is 7.15. The zero-order valence-electron chi connectivity index (χ0n) is 27.2. The summed E-state index contributed by atoms with van der Waals surface area (Å²) in [6.07, 6.45) is 3.26. The van der Waals surface area contributed by atoms with Crippen LogP contribution in [0.2, 0.25) is 0 Å². The number of benzene rings is 2. The molecule has 0 unspecified atom stereocenters. The number of ketones is 1. The van der Waals surface area contributed by atoms with Crippen LogP contribution in [-0.4, -0.2) is 44.4 Å². The number of amides is 1. The van der Waals surface area contributed by atoms with Gasteiger partial charge in [-0.25, -0.2) is 19.2 Å². The van der Waals surface area contributed by atoms with Crippen LogP contribution in [0.5, 0.6) is 5.75 Å². The number of aromatic nitrogens is 2. The van der Waals surface area contributed by atoms with Gasteiger partial charge in [-0.05, 0) is 69.4 Å². The summed E-state index contributed by atoms with van der Waals surface area (Å²) in [6.45, 7) is 13.1. The molecule has 8 nitrogen and oxygen atoms in total. The van der Waals surface area contributed by atoms with Gasteiger partial charge in [-0.15, -0.1) is 11.3 Å². The molecule has 0 aliphatic rings. The molecule has 2 aromatic carbocycles. The molecule has 10 heteroatoms. The lowest BCUT2D eigenvalue weighted by Crippen LogP contribution is -2.45. The number of Topliss-reactive ketones (excluding diaryl/α,β-unsaturated/α-hetero) is 1. The second-order valence-electron chi connectivity index (χ2n) is 13.4. The van der Waals surface area contributed by atoms with E-state index in [4.69, 9.17) is 4.74 Å². The Bertz CT molecular complexity index is 1700. The van der Waals surface area contributed by atoms with Crippen LogP contribution < -0.4 is 5.32 Å². The molecule has 2 N–H and O–H groups in total. The van der Waals surface area contributed by atoms with Crippen LogP contribution in [-0.2, 0) is 26.2 Å². The van der Waals surface area contributed by atoms with Crippen LogP contribution in [0.4, 0.5) is 4.39 Å². The highest BCUT2D eigenvalue weighted by Crippen LogP contribution is 2.31. The highest BCUT2D eigenvalue weighted by molar-refractivity contribution is 7.14. The van der Waals surface area contributed by atoms with Gasteiger partial charge in [0, 0.05) is 52.4 Å². The topological polar surface area (TPSA) is 118 Å². The van der Waals surface area contributed by atoms with Crippen molar-refractivity contribution in [2.45, 2.75) is 78.4 Å². The lowest BCUT2D eigenvalue weighted by Gasteiger charge is -2.24. The molecule has 2 aromatic heterocycles. The van der Waals surface area contributed by atoms with Crippen LogP contribution in [0.25, 0.3) is 22.5 Å². The van der Waals surface area contributed by atoms with Crippen LogP contribution in [0, 0.1) is 11.7 Å². The van der Waals surface area contributed by atoms with Crippen LogP contribution in [0.3, 0.4) is 0 Å². The fourth-order valence-electron chi connectivity index (χ4n) is 4.68. The van der Waals surface area contributed by atoms with Crippen molar-refractivity contribution >= 4 is 29.0 Å². The molecule has 0 fully saturated rings. The van der Waals surface area contributed by atoms with E-state index in [1.54, 1.807) is 27.7 Å². The number of thiophene rings is 1. The summed E-state index contributed by atoms with van der Waals surface area (Å²) in [4.78, 5) is 49.9. The number of phenolic OH excluding ortho intramolecular Hbond substituents is 1. The van der Waals surface area contributed by atoms with E-state index in [0.29, 0.717) is 21.8 Å². The van der Waals surface area contributed by atoms with E-state index in [2.05, 4.69) is 36.1 Å². The van der Waals surface area contributed by atoms with Crippen molar-refractivity contribution in [2.75, 3.05) is 0 Å². The average Bonchev–Trinajstić information content (AvgIpc) is 3.48. The van der Waals surface area contributed by atoms with Crippen molar-refractivity contribution < 1.29 is 28.6 Å². The molecule has 0 aliphatic carbocycles. The van der Waals surface area contributed by atoms with Crippen molar-refractivity contribution in [1.82, 2.24) is 15.3 Å². The summed E-state index contributed by atoms with van der Waals surface area (Å²) >= 11 is 1.43. The van der Waals surface area contributed by atoms with Crippen LogP contribution in [0.15, 0.2) is 67.0 Å². The summed E-state index contributed by atoms with van der Waals surface area (Å²) in [5.74, 6) is -2.16. The van der Waals surface area contributed by atoms with E-state index in [9.17, 15) is 23.9 Å². The van der Waals surface area contributed by atoms with Gasteiger partial charge in [0.15, 0.2) is 11.6 Å². The predicted octanol–water partition coefficient (Wildman–Crippen LogP) is 7.29. The van der Waals surface area contributed by atoms with E-state index in [0.717, 1.165) is 16.5 Å². The fraction of sp³-hybridized carbons (Fsp3) is 0.361. The van der Waals surface area contributed by atoms with Crippen molar-refractivity contribution in [3.63, 3.8) is 0 Å². The Hall–Kier alpha value is -4.44. The maximum Gasteiger partial charge on any atom is 0.328 e. The number of hydrogen-bond acceptors (Lipinski definition) is 8. The Morgan fingerprint density at radius 3 is 2.15 bits per heavy atom. The number of rotatable bonds is 10. The summed E-state index contributed by atoms with van der Waals surface area (Å²) in [5.41, 5.74) is 1.46. The number of esters is 1. The van der Waals surface area contributed by atoms with E-state index < -0.39 is 35.3 Å². The standard InChI is InChI=1S/C36H40FN3O5S/c1-21(34(44)45-36(5,6)7)40-33(43)24(17-29(42)30-14-15-31(46-30)35(2,3)4)16-22-8-10-23(11-9-22)32-38-19-25(20-39-32)27-13-12-26(41)18-28(27)37/h8-15,18-21,24,41H,16-17H2,1-7H3,(H,40,43)/t21-,24-/m1/s1. The van der Waals surface area contributed by atoms with Crippen molar-refractivity contribution in [2.24, 2.45) is 5.92 Å². The lowest BCUT2D eigenvalue weighted by molar-refractivity contribution is -0.158. The summed E-state index contributed by atoms with van der Waals surface area (Å²) < 4.78 is 19.7. The summed E-state index contributed by atoms with van der Waals surface area (Å²) in [7, 11) is 0. The molecule has 0 spiro atoms. The monoisotopic (exact) mass is 645 g/mol. The molecule has 0 saturated carbocycles. The second kappa shape index (κ2) is 13.9. The van der Waals surface area contributed by atoms with Gasteiger partial charge in [-0.3, -0.25) is 9.59 Å². The van der Waals surface area contributed by atoms with Crippen molar-refractivity contribution in [1.29, 1.82) is 0 Å². The Morgan fingerprint density at radius 1 is 0.935 bits per heavy atom. The molecule has 1 amide bonds. The fourth-order valence-corrected chi connectivity index (χ4v) is 5.69. The van der Waals surface area contributed by atoms with Crippen LogP contribution in [0.1, 0.15) is 75.0 Å². The highest BCUT2D eigenvalue weighted by Gasteiger charge is 2.29. The van der Waals surface area contributed by atoms with E-state index in [1.807, 2.05) is 36.4 Å². The van der Waals surface area contributed by atoms with Gasteiger partial charge in [-0.1, -0.05) is 45.0 Å². The number of hydrogen-bond donors (Lipinski definition) is 2. The average molecular weight is 646 g/mol. The zero-order chi connectivity index (χ0) is 33.8. The van der Waals surface area contributed by atoms with Gasteiger partial charge in [0.1, 0.15) is 23.2 Å². The van der Waals surface area contributed by atoms with E-state index in [1.165, 1.54) is 35.9 Å². The first-order valence-electron chi connectivity index (χ1n) is 15.1. The minimum Gasteiger partial charge on any atom is -0.508 e. The first-order valence-corrected chi connectivity index (χ1v) is 15.9. The number of nitrogens with zero attached hydrogens (tertiary/aromatic N) is 2. The lowest BCUT2D eigenvalue weighted by atomic mass is 9.92. The minimum atomic E-state index is -0.892. The molecule has 0 bridgehead atoms. The maximum atomic E-state index is 14.3. The van der Waals surface area contributed by atoms with Gasteiger partial charge in [0.05, 0.1) is 4.88 Å². The molecule has 0 aliphatic heterocycles. The number of aromatic hydroxyl groups is 1. The van der Waals surface area contributed by atoms with Gasteiger partial charge in [0.25, 0.3) is 0 Å². The molecule has 46 heavy (non-hydrogen) atoms. The van der Waals surface area contributed by atoms with Crippen molar-refractivity contribution in [3.8, 4) is 28.3 Å². The maximum absolute atomic E-state index is 14.3. The Kier molecular flexibility index (Phi) is 10.4. The van der Waals surface area contributed by atoms with Crippen molar-refractivity contribution in [3.05, 3.63) is 88.1 Å². The largest absolute Gasteiger partial charge is 0.508 e. The van der Waals surface area contributed by atoms with Gasteiger partial charge in [0.2, 0.25) is 5.91 Å². The number of nitrogens with one attached hydrogen (secondary N) is 1. The number of halogens is 1. The SMILES string of the molecule is C[C@@H](NC(=O)[C@@H](CC(=O)c1ccc(C(C)(C)C)s1)Cc1ccc(-c2ncc(-c3ccc(O)cc3F)cn2)cc1)C(=O)OC(C)(C)C. The van der Waals surface area contributed by atoms with Gasteiger partial charge in [-0.2, -0.15) is 0 Å². The molecular formula is C36H40FN3O5S. The predicted molar refractivity (Wildman–Crippen MR) is 177 cm³/mol. The second-order valence-corrected chi connectivity index (χ2v) is 14.4. The van der Waals surface area contributed by atoms with E-state index in [-0.39, 0.29) is 35.4 Å². The molecule has 242 valence electrons. The Morgan fingerprint density at radius 2 is 1.59 bits per heavy atom. The summed E-state index contributed by atoms with van der Waals surface area (Å²) in [6, 6.07) is 14.1. The number of carbonyl (C=O) groups excluding carboxylic acids is 3. The first kappa shape index (κ1) is 34.4. The molecule has 4 aromatic rings. The molecule has 0 saturated heterocycles. The molecule has 4 rings (SSSR count). The third kappa shape index (κ3) is 9.06. The normalized spacial score (nSPS) is 13.1. The minimum absolute atomic E-state index is 0.0306. The Labute approximate surface area is 273 Å². The number of phenols is 1. The van der Waals surface area contributed by atoms with Gasteiger partial charge < -0.3 is 15.2 Å². The molecule has 2 heterocycles. The van der Waals surface area contributed by atoms with E-state index >= 15 is 0 Å². The van der Waals surface area contributed by atoms with Crippen LogP contribution >= 0.6 is 11.3 Å². The van der Waals surface area contributed by atoms with Gasteiger partial charge >= 0.3 is 5.97 Å². The molecular weight excluding hydrogens is 605 g/mol. The molecule has 2 atom stereocenters. The third-order valence-corrected chi connectivity index (χ3v) is 8.70. The Balaban J connectivity index is 1.52. The highest BCUT2D eigenvalue weighted by atomic mass is 32.1. The zero-order valence-corrected chi connectivity index (χ0v) is 28.0. The molecule has 0 radical (unpaired) electrons. The number of ether oxygens (including phenoxy) is 1. The summed E-state index contributed by atoms with van der Waals surface area (Å²) in [5, 5.41) is 12.2. The number of carbonyl (C=O) groups is 3. The smallest absolute Gasteiger partial charge is 0.328 e. The quantitative estimate of drug-likeness (QED) is 0.137.